The van der Waals surface area contributed by atoms with E-state index in [2.05, 4.69) is 17.1 Å². The molecule has 3 heterocycles. The number of carbonyl (C=O) groups is 2. The van der Waals surface area contributed by atoms with Gasteiger partial charge in [0.05, 0.1) is 13.2 Å². The Morgan fingerprint density at radius 1 is 1.26 bits per heavy atom. The molecule has 0 aromatic heterocycles. The molecule has 3 amide bonds. The summed E-state index contributed by atoms with van der Waals surface area (Å²) >= 11 is 0. The Bertz CT molecular complexity index is 439. The monoisotopic (exact) mass is 324 g/mol. The Morgan fingerprint density at radius 2 is 2.04 bits per heavy atom. The van der Waals surface area contributed by atoms with E-state index in [-0.39, 0.29) is 18.5 Å². The van der Waals surface area contributed by atoms with Crippen molar-refractivity contribution in [2.24, 2.45) is 5.92 Å². The number of likely N-dealkylation sites (tertiary alicyclic amines) is 1. The highest BCUT2D eigenvalue weighted by Crippen LogP contribution is 2.25. The van der Waals surface area contributed by atoms with Crippen LogP contribution in [0.2, 0.25) is 0 Å². The van der Waals surface area contributed by atoms with Crippen molar-refractivity contribution >= 4 is 11.9 Å². The van der Waals surface area contributed by atoms with Crippen LogP contribution in [0.3, 0.4) is 0 Å². The molecule has 3 aliphatic rings. The number of nitrogens with zero attached hydrogens (tertiary/aromatic N) is 3. The number of hydrogen-bond acceptors (Lipinski definition) is 4. The highest BCUT2D eigenvalue weighted by atomic mass is 16.5. The zero-order valence-electron chi connectivity index (χ0n) is 14.0. The summed E-state index contributed by atoms with van der Waals surface area (Å²) in [6.07, 6.45) is 1.99. The second-order valence-corrected chi connectivity index (χ2v) is 6.69. The van der Waals surface area contributed by atoms with Gasteiger partial charge in [0.25, 0.3) is 0 Å². The zero-order valence-corrected chi connectivity index (χ0v) is 14.0. The van der Waals surface area contributed by atoms with E-state index in [1.54, 1.807) is 4.90 Å². The predicted molar refractivity (Wildman–Crippen MR) is 86.1 cm³/mol. The maximum Gasteiger partial charge on any atom is 0.317 e. The van der Waals surface area contributed by atoms with Gasteiger partial charge in [-0.2, -0.15) is 0 Å². The molecule has 0 aromatic carbocycles. The van der Waals surface area contributed by atoms with Crippen LogP contribution in [-0.2, 0) is 9.53 Å². The van der Waals surface area contributed by atoms with Crippen LogP contribution in [0, 0.1) is 5.92 Å². The van der Waals surface area contributed by atoms with Crippen LogP contribution < -0.4 is 5.32 Å². The summed E-state index contributed by atoms with van der Waals surface area (Å²) in [6.45, 7) is 8.88. The number of carbonyl (C=O) groups excluding carboxylic acids is 2. The van der Waals surface area contributed by atoms with Crippen LogP contribution in [0.5, 0.6) is 0 Å². The number of amides is 3. The molecule has 3 aliphatic heterocycles. The summed E-state index contributed by atoms with van der Waals surface area (Å²) in [7, 11) is 0. The molecule has 2 atom stereocenters. The maximum atomic E-state index is 12.6. The van der Waals surface area contributed by atoms with Crippen molar-refractivity contribution in [1.29, 1.82) is 0 Å². The maximum absolute atomic E-state index is 12.6. The van der Waals surface area contributed by atoms with E-state index in [1.807, 2.05) is 4.90 Å². The first-order chi connectivity index (χ1) is 11.2. The van der Waals surface area contributed by atoms with Gasteiger partial charge >= 0.3 is 6.03 Å². The van der Waals surface area contributed by atoms with Crippen LogP contribution in [-0.4, -0.2) is 91.7 Å². The molecule has 130 valence electrons. The van der Waals surface area contributed by atoms with E-state index in [1.165, 1.54) is 0 Å². The Labute approximate surface area is 137 Å². The lowest BCUT2D eigenvalue weighted by molar-refractivity contribution is -0.131. The van der Waals surface area contributed by atoms with Gasteiger partial charge in [0, 0.05) is 45.3 Å². The number of ether oxygens (including phenoxy) is 1. The van der Waals surface area contributed by atoms with Crippen molar-refractivity contribution in [3.8, 4) is 0 Å². The Balaban J connectivity index is 1.57. The minimum absolute atomic E-state index is 0.0799. The van der Waals surface area contributed by atoms with Crippen LogP contribution >= 0.6 is 0 Å². The number of morpholine rings is 1. The number of hydrogen-bond donors (Lipinski definition) is 1. The Kier molecular flexibility index (Phi) is 5.38. The average Bonchev–Trinajstić information content (AvgIpc) is 3.02. The minimum Gasteiger partial charge on any atom is -0.379 e. The van der Waals surface area contributed by atoms with E-state index < -0.39 is 0 Å². The lowest BCUT2D eigenvalue weighted by atomic mass is 9.99. The molecule has 0 spiro atoms. The van der Waals surface area contributed by atoms with Crippen molar-refractivity contribution in [2.45, 2.75) is 25.8 Å². The summed E-state index contributed by atoms with van der Waals surface area (Å²) in [5.41, 5.74) is 0. The molecule has 3 saturated heterocycles. The summed E-state index contributed by atoms with van der Waals surface area (Å²) in [5.74, 6) is 0.600. The fourth-order valence-corrected chi connectivity index (χ4v) is 3.87. The van der Waals surface area contributed by atoms with Crippen molar-refractivity contribution in [2.75, 3.05) is 59.0 Å². The topological polar surface area (TPSA) is 65.1 Å². The molecular weight excluding hydrogens is 296 g/mol. The summed E-state index contributed by atoms with van der Waals surface area (Å²) in [6, 6.07) is 0.323. The normalized spacial score (nSPS) is 29.7. The quantitative estimate of drug-likeness (QED) is 0.789. The Hall–Kier alpha value is -1.34. The molecule has 3 rings (SSSR count). The largest absolute Gasteiger partial charge is 0.379 e. The average molecular weight is 324 g/mol. The number of rotatable bonds is 4. The third-order valence-electron chi connectivity index (χ3n) is 5.29. The minimum atomic E-state index is -0.111. The molecule has 3 fully saturated rings. The van der Waals surface area contributed by atoms with Gasteiger partial charge in [-0.3, -0.25) is 9.69 Å². The highest BCUT2D eigenvalue weighted by molar-refractivity contribution is 5.84. The second-order valence-electron chi connectivity index (χ2n) is 6.69. The fraction of sp³-hybridized carbons (Fsp3) is 0.875. The molecule has 0 saturated carbocycles. The second kappa shape index (κ2) is 7.49. The van der Waals surface area contributed by atoms with Gasteiger partial charge in [-0.05, 0) is 12.3 Å². The van der Waals surface area contributed by atoms with Crippen LogP contribution in [0.25, 0.3) is 0 Å². The number of nitrogens with one attached hydrogen (secondary N) is 1. The number of urea groups is 1. The molecule has 0 aliphatic carbocycles. The summed E-state index contributed by atoms with van der Waals surface area (Å²) in [4.78, 5) is 30.5. The Morgan fingerprint density at radius 3 is 2.74 bits per heavy atom. The van der Waals surface area contributed by atoms with Gasteiger partial charge in [0.1, 0.15) is 6.54 Å². The van der Waals surface area contributed by atoms with Gasteiger partial charge in [0.2, 0.25) is 5.91 Å². The highest BCUT2D eigenvalue weighted by Gasteiger charge is 2.38. The van der Waals surface area contributed by atoms with Crippen molar-refractivity contribution in [3.05, 3.63) is 0 Å². The van der Waals surface area contributed by atoms with Crippen LogP contribution in [0.1, 0.15) is 19.8 Å². The first-order valence-corrected chi connectivity index (χ1v) is 8.81. The SMILES string of the molecule is CC[C@H]1CN(C(=O)CN2CCCNC2=O)C[C@@H]1N1CCOCC1. The van der Waals surface area contributed by atoms with Gasteiger partial charge in [0.15, 0.2) is 0 Å². The molecule has 0 radical (unpaired) electrons. The van der Waals surface area contributed by atoms with Crippen molar-refractivity contribution < 1.29 is 14.3 Å². The van der Waals surface area contributed by atoms with E-state index in [9.17, 15) is 9.59 Å². The van der Waals surface area contributed by atoms with E-state index in [0.29, 0.717) is 25.0 Å². The van der Waals surface area contributed by atoms with Gasteiger partial charge in [-0.15, -0.1) is 0 Å². The smallest absolute Gasteiger partial charge is 0.317 e. The lowest BCUT2D eigenvalue weighted by Gasteiger charge is -2.34. The van der Waals surface area contributed by atoms with Gasteiger partial charge in [-0.1, -0.05) is 13.3 Å². The van der Waals surface area contributed by atoms with Crippen LogP contribution in [0.15, 0.2) is 0 Å². The molecular formula is C16H28N4O3. The third kappa shape index (κ3) is 3.77. The fourth-order valence-electron chi connectivity index (χ4n) is 3.87. The molecule has 7 heteroatoms. The van der Waals surface area contributed by atoms with E-state index >= 15 is 0 Å². The molecule has 7 nitrogen and oxygen atoms in total. The zero-order chi connectivity index (χ0) is 16.2. The standard InChI is InChI=1S/C16H28N4O3/c1-2-13-10-20(11-14(13)18-6-8-23-9-7-18)15(21)12-19-5-3-4-17-16(19)22/h13-14H,2-12H2,1H3,(H,17,22)/t13-,14-/m0/s1. The third-order valence-corrected chi connectivity index (χ3v) is 5.29. The predicted octanol–water partition coefficient (Wildman–Crippen LogP) is -0.0291. The molecule has 1 N–H and O–H groups in total. The van der Waals surface area contributed by atoms with Gasteiger partial charge < -0.3 is 19.9 Å². The molecule has 0 bridgehead atoms. The van der Waals surface area contributed by atoms with Gasteiger partial charge in [-0.25, -0.2) is 4.79 Å². The van der Waals surface area contributed by atoms with E-state index in [0.717, 1.165) is 52.2 Å². The van der Waals surface area contributed by atoms with Crippen molar-refractivity contribution in [3.63, 3.8) is 0 Å². The molecule has 0 unspecified atom stereocenters. The van der Waals surface area contributed by atoms with Crippen LogP contribution in [0.4, 0.5) is 4.79 Å². The van der Waals surface area contributed by atoms with E-state index in [4.69, 9.17) is 4.74 Å². The molecule has 23 heavy (non-hydrogen) atoms. The molecule has 0 aromatic rings. The lowest BCUT2D eigenvalue weighted by Crippen LogP contribution is -2.51. The summed E-state index contributed by atoms with van der Waals surface area (Å²) < 4.78 is 5.44. The first-order valence-electron chi connectivity index (χ1n) is 8.81. The first kappa shape index (κ1) is 16.5. The van der Waals surface area contributed by atoms with Crippen molar-refractivity contribution in [1.82, 2.24) is 20.0 Å². The summed E-state index contributed by atoms with van der Waals surface area (Å²) in [5, 5.41) is 2.80.